The molecular formula is C16H20N2O. The first-order valence-corrected chi connectivity index (χ1v) is 6.60. The molecule has 1 aromatic heterocycles. The minimum Gasteiger partial charge on any atom is -0.296 e. The van der Waals surface area contributed by atoms with Crippen LogP contribution in [0.5, 0.6) is 0 Å². The molecule has 0 fully saturated rings. The molecule has 3 heteroatoms. The van der Waals surface area contributed by atoms with E-state index in [1.54, 1.807) is 4.68 Å². The molecule has 0 saturated heterocycles. The zero-order valence-corrected chi connectivity index (χ0v) is 12.2. The van der Waals surface area contributed by atoms with Crippen molar-refractivity contribution in [1.82, 2.24) is 9.78 Å². The predicted octanol–water partition coefficient (Wildman–Crippen LogP) is 3.62. The van der Waals surface area contributed by atoms with Gasteiger partial charge in [-0.05, 0) is 62.9 Å². The van der Waals surface area contributed by atoms with E-state index in [-0.39, 0.29) is 0 Å². The molecule has 3 nitrogen and oxygen atoms in total. The number of carbonyl (C=O) groups is 1. The molecule has 0 spiro atoms. The Hall–Kier alpha value is -1.90. The lowest BCUT2D eigenvalue weighted by Crippen LogP contribution is -2.01. The van der Waals surface area contributed by atoms with Crippen LogP contribution >= 0.6 is 0 Å². The first kappa shape index (κ1) is 13.5. The smallest absolute Gasteiger partial charge is 0.168 e. The van der Waals surface area contributed by atoms with E-state index >= 15 is 0 Å². The summed E-state index contributed by atoms with van der Waals surface area (Å²) in [5.41, 5.74) is 7.69. The average molecular weight is 256 g/mol. The highest BCUT2D eigenvalue weighted by Crippen LogP contribution is 2.30. The van der Waals surface area contributed by atoms with Crippen molar-refractivity contribution in [1.29, 1.82) is 0 Å². The summed E-state index contributed by atoms with van der Waals surface area (Å²) in [6.45, 7) is 11.2. The Morgan fingerprint density at radius 3 is 2.11 bits per heavy atom. The molecule has 100 valence electrons. The van der Waals surface area contributed by atoms with E-state index < -0.39 is 0 Å². The molecule has 2 rings (SSSR count). The number of aromatic nitrogens is 2. The molecule has 0 N–H and O–H groups in total. The van der Waals surface area contributed by atoms with Gasteiger partial charge in [-0.1, -0.05) is 6.07 Å². The SMILES string of the molecule is CCn1nc(-c2c(C)c(C)cc(C)c2C)cc1C=O. The van der Waals surface area contributed by atoms with Gasteiger partial charge in [0.25, 0.3) is 0 Å². The summed E-state index contributed by atoms with van der Waals surface area (Å²) in [5.74, 6) is 0. The first-order valence-electron chi connectivity index (χ1n) is 6.60. The molecule has 0 bridgehead atoms. The van der Waals surface area contributed by atoms with Crippen LogP contribution in [0.1, 0.15) is 39.7 Å². The van der Waals surface area contributed by atoms with E-state index in [1.807, 2.05) is 13.0 Å². The van der Waals surface area contributed by atoms with E-state index in [1.165, 1.54) is 22.3 Å². The van der Waals surface area contributed by atoms with Crippen molar-refractivity contribution in [3.05, 3.63) is 40.1 Å². The molecule has 0 unspecified atom stereocenters. The summed E-state index contributed by atoms with van der Waals surface area (Å²) in [7, 11) is 0. The third-order valence-electron chi connectivity index (χ3n) is 3.85. The number of aryl methyl sites for hydroxylation is 3. The fraction of sp³-hybridized carbons (Fsp3) is 0.375. The van der Waals surface area contributed by atoms with Crippen molar-refractivity contribution in [2.24, 2.45) is 0 Å². The van der Waals surface area contributed by atoms with Crippen LogP contribution in [-0.4, -0.2) is 16.1 Å². The minimum atomic E-state index is 0.635. The van der Waals surface area contributed by atoms with Crippen molar-refractivity contribution in [3.8, 4) is 11.3 Å². The maximum absolute atomic E-state index is 11.1. The molecule has 0 aliphatic rings. The van der Waals surface area contributed by atoms with Crippen molar-refractivity contribution in [3.63, 3.8) is 0 Å². The largest absolute Gasteiger partial charge is 0.296 e. The normalized spacial score (nSPS) is 10.8. The van der Waals surface area contributed by atoms with Crippen molar-refractivity contribution in [2.45, 2.75) is 41.2 Å². The fourth-order valence-electron chi connectivity index (χ4n) is 2.50. The van der Waals surface area contributed by atoms with E-state index in [0.717, 1.165) is 17.5 Å². The quantitative estimate of drug-likeness (QED) is 0.786. The number of benzene rings is 1. The van der Waals surface area contributed by atoms with Crippen LogP contribution in [0.15, 0.2) is 12.1 Å². The second-order valence-electron chi connectivity index (χ2n) is 5.02. The van der Waals surface area contributed by atoms with Gasteiger partial charge in [-0.25, -0.2) is 0 Å². The second kappa shape index (κ2) is 5.00. The Morgan fingerprint density at radius 1 is 1.11 bits per heavy atom. The van der Waals surface area contributed by atoms with Gasteiger partial charge < -0.3 is 0 Å². The fourth-order valence-corrected chi connectivity index (χ4v) is 2.50. The molecule has 2 aromatic rings. The van der Waals surface area contributed by atoms with Gasteiger partial charge in [-0.2, -0.15) is 5.10 Å². The highest BCUT2D eigenvalue weighted by molar-refractivity contribution is 5.78. The van der Waals surface area contributed by atoms with E-state index in [0.29, 0.717) is 12.2 Å². The highest BCUT2D eigenvalue weighted by Gasteiger charge is 2.15. The van der Waals surface area contributed by atoms with E-state index in [4.69, 9.17) is 0 Å². The van der Waals surface area contributed by atoms with Crippen LogP contribution in [0, 0.1) is 27.7 Å². The summed E-state index contributed by atoms with van der Waals surface area (Å²) in [6.07, 6.45) is 0.868. The third kappa shape index (κ3) is 2.21. The van der Waals surface area contributed by atoms with Crippen LogP contribution in [0.25, 0.3) is 11.3 Å². The Labute approximate surface area is 114 Å². The predicted molar refractivity (Wildman–Crippen MR) is 77.7 cm³/mol. The van der Waals surface area contributed by atoms with Crippen molar-refractivity contribution < 1.29 is 4.79 Å². The molecule has 0 aliphatic carbocycles. The lowest BCUT2D eigenvalue weighted by Gasteiger charge is -2.13. The van der Waals surface area contributed by atoms with Crippen LogP contribution in [-0.2, 0) is 6.54 Å². The average Bonchev–Trinajstić information content (AvgIpc) is 2.80. The summed E-state index contributed by atoms with van der Waals surface area (Å²) < 4.78 is 1.75. The van der Waals surface area contributed by atoms with Crippen LogP contribution in [0.2, 0.25) is 0 Å². The topological polar surface area (TPSA) is 34.9 Å². The lowest BCUT2D eigenvalue weighted by molar-refractivity contribution is 0.111. The molecule has 0 amide bonds. The van der Waals surface area contributed by atoms with Gasteiger partial charge in [0.2, 0.25) is 0 Å². The summed E-state index contributed by atoms with van der Waals surface area (Å²) in [4.78, 5) is 11.1. The zero-order valence-electron chi connectivity index (χ0n) is 12.2. The Bertz CT molecular complexity index is 612. The number of rotatable bonds is 3. The Kier molecular flexibility index (Phi) is 3.56. The van der Waals surface area contributed by atoms with E-state index in [2.05, 4.69) is 38.9 Å². The summed E-state index contributed by atoms with van der Waals surface area (Å²) >= 11 is 0. The molecule has 0 radical (unpaired) electrons. The number of hydrogen-bond acceptors (Lipinski definition) is 2. The lowest BCUT2D eigenvalue weighted by atomic mass is 9.92. The van der Waals surface area contributed by atoms with Crippen LogP contribution < -0.4 is 0 Å². The molecule has 0 atom stereocenters. The van der Waals surface area contributed by atoms with Gasteiger partial charge in [-0.3, -0.25) is 9.48 Å². The maximum Gasteiger partial charge on any atom is 0.168 e. The van der Waals surface area contributed by atoms with Gasteiger partial charge in [0.05, 0.1) is 5.69 Å². The summed E-state index contributed by atoms with van der Waals surface area (Å²) in [5, 5.41) is 4.56. The molecule has 1 aromatic carbocycles. The molecule has 19 heavy (non-hydrogen) atoms. The number of nitrogens with zero attached hydrogens (tertiary/aromatic N) is 2. The molecule has 0 saturated carbocycles. The molecular weight excluding hydrogens is 236 g/mol. The maximum atomic E-state index is 11.1. The second-order valence-corrected chi connectivity index (χ2v) is 5.02. The first-order chi connectivity index (χ1) is 8.99. The van der Waals surface area contributed by atoms with Gasteiger partial charge in [-0.15, -0.1) is 0 Å². The summed E-state index contributed by atoms with van der Waals surface area (Å²) in [6, 6.07) is 4.08. The van der Waals surface area contributed by atoms with Crippen LogP contribution in [0.4, 0.5) is 0 Å². The van der Waals surface area contributed by atoms with Crippen molar-refractivity contribution >= 4 is 6.29 Å². The standard InChI is InChI=1S/C16H20N2O/c1-6-18-14(9-19)8-15(17-18)16-12(4)10(2)7-11(3)13(16)5/h7-9H,6H2,1-5H3. The molecule has 0 aliphatic heterocycles. The van der Waals surface area contributed by atoms with Gasteiger partial charge in [0.1, 0.15) is 5.69 Å². The monoisotopic (exact) mass is 256 g/mol. The third-order valence-corrected chi connectivity index (χ3v) is 3.85. The van der Waals surface area contributed by atoms with Gasteiger partial charge >= 0.3 is 0 Å². The minimum absolute atomic E-state index is 0.635. The van der Waals surface area contributed by atoms with E-state index in [9.17, 15) is 4.79 Å². The zero-order chi connectivity index (χ0) is 14.2. The van der Waals surface area contributed by atoms with Gasteiger partial charge in [0.15, 0.2) is 6.29 Å². The Morgan fingerprint density at radius 2 is 1.68 bits per heavy atom. The Balaban J connectivity index is 2.71. The number of hydrogen-bond donors (Lipinski definition) is 0. The van der Waals surface area contributed by atoms with Crippen molar-refractivity contribution in [2.75, 3.05) is 0 Å². The molecule has 1 heterocycles. The highest BCUT2D eigenvalue weighted by atomic mass is 16.1. The van der Waals surface area contributed by atoms with Gasteiger partial charge in [0, 0.05) is 12.1 Å². The number of aldehydes is 1. The number of carbonyl (C=O) groups excluding carboxylic acids is 1. The van der Waals surface area contributed by atoms with Crippen LogP contribution in [0.3, 0.4) is 0 Å².